The van der Waals surface area contributed by atoms with Crippen molar-refractivity contribution in [2.24, 2.45) is 0 Å². The quantitative estimate of drug-likeness (QED) is 0.357. The van der Waals surface area contributed by atoms with Crippen LogP contribution in [-0.4, -0.2) is 44.3 Å². The van der Waals surface area contributed by atoms with E-state index in [1.54, 1.807) is 0 Å². The van der Waals surface area contributed by atoms with Gasteiger partial charge in [0, 0.05) is 0 Å². The molecule has 0 heterocycles. The first kappa shape index (κ1) is 12.0. The standard InChI is InChI=1S/C4H10O2P.Ca.2H/c1-2-3-4-6-7-5;;;/h7H,2-4H2,1H3;;;/q+1;+2;2*-1. The van der Waals surface area contributed by atoms with Crippen molar-refractivity contribution in [2.75, 3.05) is 6.61 Å². The first-order valence-corrected chi connectivity index (χ1v) is 3.22. The van der Waals surface area contributed by atoms with Crippen molar-refractivity contribution in [3.8, 4) is 0 Å². The van der Waals surface area contributed by atoms with Crippen molar-refractivity contribution in [1.29, 1.82) is 0 Å². The van der Waals surface area contributed by atoms with Crippen molar-refractivity contribution in [3.63, 3.8) is 0 Å². The molecule has 0 aliphatic heterocycles. The second-order valence-corrected chi connectivity index (χ2v) is 1.74. The van der Waals surface area contributed by atoms with E-state index in [9.17, 15) is 4.57 Å². The monoisotopic (exact) mass is 163 g/mol. The van der Waals surface area contributed by atoms with Crippen LogP contribution in [0.25, 0.3) is 0 Å². The summed E-state index contributed by atoms with van der Waals surface area (Å²) in [5.41, 5.74) is 0. The Labute approximate surface area is 84.2 Å². The van der Waals surface area contributed by atoms with Gasteiger partial charge in [0.2, 0.25) is 0 Å². The van der Waals surface area contributed by atoms with Crippen LogP contribution in [0.1, 0.15) is 22.6 Å². The molecule has 4 heteroatoms. The predicted octanol–water partition coefficient (Wildman–Crippen LogP) is 1.59. The van der Waals surface area contributed by atoms with Crippen LogP contribution in [-0.2, 0) is 9.09 Å². The molecule has 0 aromatic rings. The van der Waals surface area contributed by atoms with Crippen LogP contribution >= 0.6 is 8.69 Å². The fraction of sp³-hybridized carbons (Fsp3) is 1.00. The second kappa shape index (κ2) is 11.2. The average molecular weight is 163 g/mol. The molecule has 0 saturated heterocycles. The minimum Gasteiger partial charge on any atom is -1.00 e. The van der Waals surface area contributed by atoms with Crippen molar-refractivity contribution < 1.29 is 11.9 Å². The normalized spacial score (nSPS) is 8.62. The summed E-state index contributed by atoms with van der Waals surface area (Å²) in [5.74, 6) is 0. The van der Waals surface area contributed by atoms with E-state index in [2.05, 4.69) is 11.4 Å². The molecule has 0 rings (SSSR count). The fourth-order valence-electron chi connectivity index (χ4n) is 0.258. The maximum Gasteiger partial charge on any atom is 2.00 e. The Morgan fingerprint density at radius 3 is 2.75 bits per heavy atom. The third kappa shape index (κ3) is 10.3. The van der Waals surface area contributed by atoms with Crippen LogP contribution in [0.2, 0.25) is 0 Å². The number of hydrogen-bond acceptors (Lipinski definition) is 2. The first-order valence-electron chi connectivity index (χ1n) is 2.40. The summed E-state index contributed by atoms with van der Waals surface area (Å²) >= 11 is 0. The maximum absolute atomic E-state index is 9.61. The van der Waals surface area contributed by atoms with Crippen molar-refractivity contribution in [1.82, 2.24) is 0 Å². The zero-order chi connectivity index (χ0) is 5.54. The van der Waals surface area contributed by atoms with Crippen molar-refractivity contribution in [3.05, 3.63) is 0 Å². The molecule has 8 heavy (non-hydrogen) atoms. The summed E-state index contributed by atoms with van der Waals surface area (Å²) in [4.78, 5) is 0. The molecule has 0 amide bonds. The molecule has 0 spiro atoms. The minimum atomic E-state index is -0.582. The molecule has 1 unspecified atom stereocenters. The Bertz CT molecular complexity index is 58.5. The Kier molecular flexibility index (Phi) is 16.8. The van der Waals surface area contributed by atoms with Crippen LogP contribution in [0.4, 0.5) is 0 Å². The van der Waals surface area contributed by atoms with E-state index in [0.717, 1.165) is 12.8 Å². The van der Waals surface area contributed by atoms with Gasteiger partial charge in [-0.05, 0) is 11.0 Å². The van der Waals surface area contributed by atoms with Gasteiger partial charge in [0.1, 0.15) is 6.61 Å². The Morgan fingerprint density at radius 2 is 2.38 bits per heavy atom. The summed E-state index contributed by atoms with van der Waals surface area (Å²) < 4.78 is 14.2. The molecular formula is C4H12CaO2P+. The zero-order valence-electron chi connectivity index (χ0n) is 7.14. The topological polar surface area (TPSA) is 26.3 Å². The van der Waals surface area contributed by atoms with E-state index >= 15 is 0 Å². The van der Waals surface area contributed by atoms with Crippen LogP contribution in [0.3, 0.4) is 0 Å². The van der Waals surface area contributed by atoms with Gasteiger partial charge in [-0.25, -0.2) is 0 Å². The summed E-state index contributed by atoms with van der Waals surface area (Å²) in [6.45, 7) is 2.70. The molecular weight excluding hydrogens is 151 g/mol. The second-order valence-electron chi connectivity index (χ2n) is 1.29. The average Bonchev–Trinajstić information content (AvgIpc) is 1.69. The molecule has 0 aromatic heterocycles. The molecule has 46 valence electrons. The Morgan fingerprint density at radius 1 is 1.75 bits per heavy atom. The van der Waals surface area contributed by atoms with Gasteiger partial charge in [-0.15, -0.1) is 4.52 Å². The van der Waals surface area contributed by atoms with Gasteiger partial charge in [0.25, 0.3) is 0 Å². The molecule has 0 aliphatic carbocycles. The van der Waals surface area contributed by atoms with Crippen LogP contribution in [0.15, 0.2) is 0 Å². The summed E-state index contributed by atoms with van der Waals surface area (Å²) in [5, 5.41) is 0. The maximum atomic E-state index is 9.61. The van der Waals surface area contributed by atoms with E-state index in [1.165, 1.54) is 0 Å². The largest absolute Gasteiger partial charge is 2.00 e. The fourth-order valence-corrected chi connectivity index (χ4v) is 0.486. The van der Waals surface area contributed by atoms with Crippen molar-refractivity contribution in [2.45, 2.75) is 19.8 Å². The smallest absolute Gasteiger partial charge is 1.00 e. The molecule has 0 bridgehead atoms. The molecule has 1 atom stereocenters. The van der Waals surface area contributed by atoms with Gasteiger partial charge in [-0.2, -0.15) is 0 Å². The number of rotatable bonds is 4. The first-order chi connectivity index (χ1) is 3.41. The molecule has 0 fully saturated rings. The minimum absolute atomic E-state index is 0. The summed E-state index contributed by atoms with van der Waals surface area (Å²) in [6.07, 6.45) is 2.11. The predicted molar refractivity (Wildman–Crippen MR) is 37.8 cm³/mol. The van der Waals surface area contributed by atoms with Crippen LogP contribution in [0, 0.1) is 0 Å². The van der Waals surface area contributed by atoms with Gasteiger partial charge in [0.05, 0.1) is 0 Å². The SMILES string of the molecule is CCCCO[PH+]=O.[Ca+2].[H-].[H-]. The van der Waals surface area contributed by atoms with Gasteiger partial charge in [-0.3, -0.25) is 0 Å². The number of unbranched alkanes of at least 4 members (excludes halogenated alkanes) is 1. The van der Waals surface area contributed by atoms with E-state index in [-0.39, 0.29) is 40.6 Å². The summed E-state index contributed by atoms with van der Waals surface area (Å²) in [7, 11) is -0.582. The summed E-state index contributed by atoms with van der Waals surface area (Å²) in [6, 6.07) is 0. The van der Waals surface area contributed by atoms with Crippen LogP contribution < -0.4 is 0 Å². The van der Waals surface area contributed by atoms with E-state index in [1.807, 2.05) is 0 Å². The third-order valence-corrected chi connectivity index (χ3v) is 0.981. The molecule has 0 N–H and O–H groups in total. The van der Waals surface area contributed by atoms with E-state index in [0.29, 0.717) is 6.61 Å². The third-order valence-electron chi connectivity index (χ3n) is 0.659. The molecule has 2 nitrogen and oxygen atoms in total. The Balaban J connectivity index is -0.0000000600. The number of hydrogen-bond donors (Lipinski definition) is 0. The van der Waals surface area contributed by atoms with E-state index < -0.39 is 8.69 Å². The molecule has 0 aliphatic rings. The van der Waals surface area contributed by atoms with Gasteiger partial charge in [-0.1, -0.05) is 13.3 Å². The van der Waals surface area contributed by atoms with E-state index in [4.69, 9.17) is 0 Å². The Hall–Kier alpha value is 1.32. The molecule has 0 saturated carbocycles. The molecule has 0 radical (unpaired) electrons. The van der Waals surface area contributed by atoms with Gasteiger partial charge >= 0.3 is 46.4 Å². The van der Waals surface area contributed by atoms with Gasteiger partial charge in [0.15, 0.2) is 0 Å². The van der Waals surface area contributed by atoms with Crippen LogP contribution in [0.5, 0.6) is 0 Å². The van der Waals surface area contributed by atoms with Crippen molar-refractivity contribution >= 4 is 46.4 Å². The molecule has 0 aromatic carbocycles. The zero-order valence-corrected chi connectivity index (χ0v) is 8.35. The van der Waals surface area contributed by atoms with Gasteiger partial charge < -0.3 is 2.85 Å².